The largest absolute Gasteiger partial charge is 0.461 e. The molecule has 2 aromatic heterocycles. The van der Waals surface area contributed by atoms with Crippen LogP contribution in [0, 0.1) is 0 Å². The lowest BCUT2D eigenvalue weighted by molar-refractivity contribution is 0.0377. The summed E-state index contributed by atoms with van der Waals surface area (Å²) in [6, 6.07) is 9.62. The Hall–Kier alpha value is -3.60. The minimum absolute atomic E-state index is 0.0648. The number of anilines is 1. The van der Waals surface area contributed by atoms with Gasteiger partial charge >= 0.3 is 11.7 Å². The first-order valence-corrected chi connectivity index (χ1v) is 9.28. The van der Waals surface area contributed by atoms with E-state index in [-0.39, 0.29) is 30.7 Å². The van der Waals surface area contributed by atoms with Crippen LogP contribution in [0.4, 0.5) is 5.82 Å². The summed E-state index contributed by atoms with van der Waals surface area (Å²) in [5, 5.41) is 3.36. The Balaban J connectivity index is 1.55. The first kappa shape index (κ1) is 21.1. The van der Waals surface area contributed by atoms with Crippen LogP contribution >= 0.6 is 0 Å². The molecule has 0 spiro atoms. The Kier molecular flexibility index (Phi) is 7.61. The van der Waals surface area contributed by atoms with Crippen LogP contribution in [-0.4, -0.2) is 59.1 Å². The lowest BCUT2D eigenvalue weighted by Gasteiger charge is -2.08. The number of azide groups is 1. The molecule has 158 valence electrons. The van der Waals surface area contributed by atoms with E-state index in [1.807, 2.05) is 30.3 Å². The zero-order chi connectivity index (χ0) is 21.2. The third kappa shape index (κ3) is 5.70. The van der Waals surface area contributed by atoms with Gasteiger partial charge in [0.2, 0.25) is 0 Å². The minimum atomic E-state index is -0.323. The molecule has 3 aromatic rings. The van der Waals surface area contributed by atoms with E-state index in [4.69, 9.17) is 25.5 Å². The number of hydrogen-bond acceptors (Lipinski definition) is 8. The van der Waals surface area contributed by atoms with Crippen LogP contribution in [0.5, 0.6) is 6.01 Å². The van der Waals surface area contributed by atoms with Crippen molar-refractivity contribution in [3.05, 3.63) is 56.8 Å². The maximum absolute atomic E-state index is 12.3. The predicted octanol–water partition coefficient (Wildman–Crippen LogP) is 1.47. The Labute approximate surface area is 171 Å². The molecule has 30 heavy (non-hydrogen) atoms. The molecule has 3 N–H and O–H groups in total. The van der Waals surface area contributed by atoms with Crippen molar-refractivity contribution in [3.8, 4) is 6.01 Å². The summed E-state index contributed by atoms with van der Waals surface area (Å²) >= 11 is 0. The van der Waals surface area contributed by atoms with Gasteiger partial charge in [0, 0.05) is 11.5 Å². The first-order valence-electron chi connectivity index (χ1n) is 9.28. The maximum Gasteiger partial charge on any atom is 0.328 e. The highest BCUT2D eigenvalue weighted by Gasteiger charge is 2.14. The number of nitrogens with one attached hydrogen (secondary N) is 1. The van der Waals surface area contributed by atoms with E-state index in [1.54, 1.807) is 0 Å². The summed E-state index contributed by atoms with van der Waals surface area (Å²) < 4.78 is 17.6. The van der Waals surface area contributed by atoms with Crippen molar-refractivity contribution in [2.24, 2.45) is 5.11 Å². The second-order valence-corrected chi connectivity index (χ2v) is 6.12. The molecule has 0 saturated carbocycles. The molecule has 1 aromatic carbocycles. The number of H-pyrrole nitrogens is 1. The Morgan fingerprint density at radius 3 is 2.60 bits per heavy atom. The van der Waals surface area contributed by atoms with Crippen molar-refractivity contribution < 1.29 is 14.2 Å². The fourth-order valence-electron chi connectivity index (χ4n) is 2.67. The third-order valence-electron chi connectivity index (χ3n) is 4.04. The number of nitrogens with zero attached hydrogens (tertiary/aromatic N) is 6. The van der Waals surface area contributed by atoms with E-state index < -0.39 is 0 Å². The number of rotatable bonds is 12. The highest BCUT2D eigenvalue weighted by atomic mass is 16.5. The lowest BCUT2D eigenvalue weighted by Crippen LogP contribution is -2.18. The second kappa shape index (κ2) is 10.8. The van der Waals surface area contributed by atoms with E-state index >= 15 is 0 Å². The summed E-state index contributed by atoms with van der Waals surface area (Å²) in [5.74, 6) is 0.133. The molecular weight excluding hydrogens is 392 g/mol. The number of ether oxygens (including phenoxy) is 3. The molecule has 0 aliphatic carbocycles. The predicted molar refractivity (Wildman–Crippen MR) is 109 cm³/mol. The van der Waals surface area contributed by atoms with E-state index in [1.165, 1.54) is 4.57 Å². The third-order valence-corrected chi connectivity index (χ3v) is 4.04. The smallest absolute Gasteiger partial charge is 0.328 e. The van der Waals surface area contributed by atoms with E-state index in [0.717, 1.165) is 5.56 Å². The van der Waals surface area contributed by atoms with Crippen LogP contribution in [0.25, 0.3) is 21.6 Å². The molecular formula is C18H22N8O4. The van der Waals surface area contributed by atoms with Crippen molar-refractivity contribution in [1.29, 1.82) is 0 Å². The van der Waals surface area contributed by atoms with Gasteiger partial charge in [-0.1, -0.05) is 35.4 Å². The summed E-state index contributed by atoms with van der Waals surface area (Å²) in [6.07, 6.45) is 0. The van der Waals surface area contributed by atoms with Gasteiger partial charge in [-0.05, 0) is 11.1 Å². The monoisotopic (exact) mass is 414 g/mol. The molecule has 3 rings (SSSR count). The van der Waals surface area contributed by atoms with Gasteiger partial charge in [0.25, 0.3) is 0 Å². The van der Waals surface area contributed by atoms with Gasteiger partial charge in [0.05, 0.1) is 33.0 Å². The average molecular weight is 414 g/mol. The number of nitrogen functional groups attached to an aromatic ring is 1. The average Bonchev–Trinajstić information content (AvgIpc) is 3.06. The van der Waals surface area contributed by atoms with Crippen LogP contribution in [0.1, 0.15) is 5.56 Å². The van der Waals surface area contributed by atoms with E-state index in [0.29, 0.717) is 44.1 Å². The number of nitrogens with two attached hydrogens (primary N) is 1. The van der Waals surface area contributed by atoms with Gasteiger partial charge in [-0.2, -0.15) is 9.97 Å². The zero-order valence-corrected chi connectivity index (χ0v) is 16.2. The van der Waals surface area contributed by atoms with Crippen molar-refractivity contribution in [1.82, 2.24) is 19.5 Å². The number of hydrogen-bond donors (Lipinski definition) is 2. The summed E-state index contributed by atoms with van der Waals surface area (Å²) in [4.78, 5) is 26.1. The van der Waals surface area contributed by atoms with Crippen LogP contribution in [0.3, 0.4) is 0 Å². The van der Waals surface area contributed by atoms with Gasteiger partial charge in [-0.25, -0.2) is 4.79 Å². The molecule has 12 heteroatoms. The topological polar surface area (TPSA) is 166 Å². The van der Waals surface area contributed by atoms with Gasteiger partial charge in [0.1, 0.15) is 12.1 Å². The highest BCUT2D eigenvalue weighted by Crippen LogP contribution is 2.18. The van der Waals surface area contributed by atoms with Gasteiger partial charge in [-0.3, -0.25) is 4.57 Å². The molecule has 0 amide bonds. The van der Waals surface area contributed by atoms with Gasteiger partial charge < -0.3 is 24.9 Å². The van der Waals surface area contributed by atoms with E-state index in [2.05, 4.69) is 25.0 Å². The fraction of sp³-hybridized carbons (Fsp3) is 0.389. The first-order chi connectivity index (χ1) is 14.7. The van der Waals surface area contributed by atoms with Crippen molar-refractivity contribution in [2.75, 3.05) is 45.3 Å². The second-order valence-electron chi connectivity index (χ2n) is 6.12. The van der Waals surface area contributed by atoms with Crippen LogP contribution in [0.2, 0.25) is 0 Å². The number of aromatic amines is 1. The number of imidazole rings is 1. The van der Waals surface area contributed by atoms with Crippen molar-refractivity contribution in [3.63, 3.8) is 0 Å². The van der Waals surface area contributed by atoms with Gasteiger partial charge in [-0.15, -0.1) is 0 Å². The number of benzene rings is 1. The quantitative estimate of drug-likeness (QED) is 0.196. The summed E-state index contributed by atoms with van der Waals surface area (Å²) in [5.41, 5.74) is 15.5. The lowest BCUT2D eigenvalue weighted by atomic mass is 10.2. The van der Waals surface area contributed by atoms with E-state index in [9.17, 15) is 4.79 Å². The minimum Gasteiger partial charge on any atom is -0.461 e. The van der Waals surface area contributed by atoms with Crippen molar-refractivity contribution in [2.45, 2.75) is 6.54 Å². The molecule has 0 atom stereocenters. The molecule has 2 heterocycles. The van der Waals surface area contributed by atoms with Crippen LogP contribution in [-0.2, 0) is 16.0 Å². The molecule has 0 radical (unpaired) electrons. The maximum atomic E-state index is 12.3. The van der Waals surface area contributed by atoms with Crippen LogP contribution < -0.4 is 16.2 Å². The summed E-state index contributed by atoms with van der Waals surface area (Å²) in [6.45, 7) is 2.23. The molecule has 0 aliphatic rings. The molecule has 12 nitrogen and oxygen atoms in total. The highest BCUT2D eigenvalue weighted by molar-refractivity contribution is 5.81. The molecule has 0 aliphatic heterocycles. The number of aromatic nitrogens is 4. The Bertz CT molecular complexity index is 1060. The molecule has 0 saturated heterocycles. The molecule has 0 bridgehead atoms. The Morgan fingerprint density at radius 2 is 1.83 bits per heavy atom. The molecule has 0 unspecified atom stereocenters. The van der Waals surface area contributed by atoms with Crippen molar-refractivity contribution >= 4 is 17.0 Å². The fourth-order valence-corrected chi connectivity index (χ4v) is 2.67. The summed E-state index contributed by atoms with van der Waals surface area (Å²) in [7, 11) is 0. The zero-order valence-electron chi connectivity index (χ0n) is 16.2. The van der Waals surface area contributed by atoms with Gasteiger partial charge in [0.15, 0.2) is 11.5 Å². The normalized spacial score (nSPS) is 10.8. The standard InChI is InChI=1S/C18H22N8O4/c19-15-14-16(26(18(27)22-14)12-13-4-2-1-3-5-13)24-17(23-15)30-11-10-29-9-8-28-7-6-21-25-20/h1-5H,6-12H2,(H,22,27)(H2,19,23,24). The molecule has 0 fully saturated rings. The van der Waals surface area contributed by atoms with Crippen LogP contribution in [0.15, 0.2) is 40.2 Å². The SMILES string of the molecule is [N-]=[N+]=NCCOCCOCCOc1nc(N)c2[nH]c(=O)n(Cc3ccccc3)c2n1. The number of fused-ring (bicyclic) bond motifs is 1. The Morgan fingerprint density at radius 1 is 1.10 bits per heavy atom.